The van der Waals surface area contributed by atoms with Gasteiger partial charge in [-0.15, -0.1) is 0 Å². The molecule has 10 nitrogen and oxygen atoms in total. The molecule has 0 fully saturated rings. The number of methoxy groups -OCH3 is 2. The Hall–Kier alpha value is -4.38. The zero-order chi connectivity index (χ0) is 25.5. The smallest absolute Gasteiger partial charge is 0.340 e. The van der Waals surface area contributed by atoms with Gasteiger partial charge in [0.2, 0.25) is 0 Å². The molecule has 0 saturated heterocycles. The Morgan fingerprint density at radius 2 is 1.60 bits per heavy atom. The Balaban J connectivity index is 0.000000214. The SMILES string of the molecule is COC(=O)c1cccc([N+](=O)[O-])c1N.COC(=O)c1cccc2nc(-c3cccc(Br)c3)cnc12. The average molecular weight is 539 g/mol. The molecule has 0 aliphatic rings. The summed E-state index contributed by atoms with van der Waals surface area (Å²) in [6, 6.07) is 17.1. The zero-order valence-corrected chi connectivity index (χ0v) is 20.2. The molecule has 0 atom stereocenters. The van der Waals surface area contributed by atoms with Gasteiger partial charge in [-0.25, -0.2) is 14.6 Å². The molecular weight excluding hydrogens is 520 g/mol. The summed E-state index contributed by atoms with van der Waals surface area (Å²) >= 11 is 3.44. The highest BCUT2D eigenvalue weighted by atomic mass is 79.9. The Morgan fingerprint density at radius 3 is 2.26 bits per heavy atom. The van der Waals surface area contributed by atoms with Gasteiger partial charge < -0.3 is 15.2 Å². The monoisotopic (exact) mass is 538 g/mol. The maximum Gasteiger partial charge on any atom is 0.340 e. The number of para-hydroxylation sites is 2. The van der Waals surface area contributed by atoms with Crippen LogP contribution < -0.4 is 5.73 Å². The molecule has 0 radical (unpaired) electrons. The summed E-state index contributed by atoms with van der Waals surface area (Å²) < 4.78 is 10.1. The number of nitro benzene ring substituents is 1. The third kappa shape index (κ3) is 5.76. The number of nitrogen functional groups attached to an aromatic ring is 1. The molecule has 0 aliphatic carbocycles. The number of nitro groups is 1. The van der Waals surface area contributed by atoms with Crippen LogP contribution in [0, 0.1) is 10.1 Å². The van der Waals surface area contributed by atoms with Gasteiger partial charge in [-0.05, 0) is 30.3 Å². The van der Waals surface area contributed by atoms with Crippen molar-refractivity contribution in [3.63, 3.8) is 0 Å². The number of aromatic nitrogens is 2. The second-order valence-corrected chi connectivity index (χ2v) is 7.83. The normalized spacial score (nSPS) is 10.1. The van der Waals surface area contributed by atoms with Crippen LogP contribution in [0.3, 0.4) is 0 Å². The molecule has 0 amide bonds. The van der Waals surface area contributed by atoms with E-state index in [2.05, 4.69) is 30.6 Å². The largest absolute Gasteiger partial charge is 0.465 e. The summed E-state index contributed by atoms with van der Waals surface area (Å²) in [6.45, 7) is 0. The lowest BCUT2D eigenvalue weighted by atomic mass is 10.1. The van der Waals surface area contributed by atoms with Crippen molar-refractivity contribution in [3.8, 4) is 11.3 Å². The molecule has 1 aromatic heterocycles. The van der Waals surface area contributed by atoms with Gasteiger partial charge in [0.1, 0.15) is 11.2 Å². The lowest BCUT2D eigenvalue weighted by Gasteiger charge is -2.06. The maximum atomic E-state index is 11.7. The highest BCUT2D eigenvalue weighted by Crippen LogP contribution is 2.25. The van der Waals surface area contributed by atoms with Crippen molar-refractivity contribution in [1.29, 1.82) is 0 Å². The molecule has 3 aromatic carbocycles. The predicted molar refractivity (Wildman–Crippen MR) is 133 cm³/mol. The summed E-state index contributed by atoms with van der Waals surface area (Å²) in [6.07, 6.45) is 1.66. The number of benzene rings is 3. The van der Waals surface area contributed by atoms with Crippen molar-refractivity contribution in [2.24, 2.45) is 0 Å². The van der Waals surface area contributed by atoms with E-state index in [-0.39, 0.29) is 16.9 Å². The predicted octanol–water partition coefficient (Wildman–Crippen LogP) is 4.81. The first kappa shape index (κ1) is 25.2. The highest BCUT2D eigenvalue weighted by Gasteiger charge is 2.19. The van der Waals surface area contributed by atoms with E-state index in [0.29, 0.717) is 16.6 Å². The fourth-order valence-electron chi connectivity index (χ4n) is 3.10. The van der Waals surface area contributed by atoms with Crippen LogP contribution in [0.2, 0.25) is 0 Å². The van der Waals surface area contributed by atoms with Crippen molar-refractivity contribution in [2.75, 3.05) is 20.0 Å². The van der Waals surface area contributed by atoms with E-state index in [1.807, 2.05) is 30.3 Å². The minimum atomic E-state index is -0.689. The van der Waals surface area contributed by atoms with Gasteiger partial charge in [0.25, 0.3) is 5.69 Å². The number of fused-ring (bicyclic) bond motifs is 1. The molecule has 2 N–H and O–H groups in total. The molecule has 11 heteroatoms. The first-order valence-corrected chi connectivity index (χ1v) is 10.8. The molecule has 178 valence electrons. The van der Waals surface area contributed by atoms with E-state index in [4.69, 9.17) is 10.5 Å². The fraction of sp³-hybridized carbons (Fsp3) is 0.0833. The van der Waals surface area contributed by atoms with Gasteiger partial charge in [0.05, 0.1) is 47.7 Å². The topological polar surface area (TPSA) is 148 Å². The van der Waals surface area contributed by atoms with Crippen LogP contribution in [0.4, 0.5) is 11.4 Å². The molecule has 0 bridgehead atoms. The Bertz CT molecular complexity index is 1430. The first-order chi connectivity index (χ1) is 16.8. The van der Waals surface area contributed by atoms with Gasteiger partial charge >= 0.3 is 11.9 Å². The number of nitrogens with two attached hydrogens (primary N) is 1. The Kier molecular flexibility index (Phi) is 8.05. The van der Waals surface area contributed by atoms with Crippen molar-refractivity contribution in [3.05, 3.63) is 92.6 Å². The summed E-state index contributed by atoms with van der Waals surface area (Å²) in [7, 11) is 2.53. The van der Waals surface area contributed by atoms with Crippen molar-refractivity contribution in [2.45, 2.75) is 0 Å². The number of anilines is 1. The second kappa shape index (κ2) is 11.2. The van der Waals surface area contributed by atoms with Crippen LogP contribution >= 0.6 is 15.9 Å². The zero-order valence-electron chi connectivity index (χ0n) is 18.6. The standard InChI is InChI=1S/C16H11BrN2O2.C8H8N2O4/c1-21-16(20)12-6-3-7-13-15(12)18-9-14(19-13)10-4-2-5-11(17)8-10;1-14-8(11)5-3-2-4-6(7(5)9)10(12)13/h2-9H,1H3;2-4H,9H2,1H3. The lowest BCUT2D eigenvalue weighted by molar-refractivity contribution is -0.383. The van der Waals surface area contributed by atoms with Gasteiger partial charge in [-0.1, -0.05) is 40.2 Å². The lowest BCUT2D eigenvalue weighted by Crippen LogP contribution is -2.07. The number of hydrogen-bond acceptors (Lipinski definition) is 9. The number of ether oxygens (including phenoxy) is 2. The number of halogens is 1. The molecular formula is C24H19BrN4O6. The highest BCUT2D eigenvalue weighted by molar-refractivity contribution is 9.10. The summed E-state index contributed by atoms with van der Waals surface area (Å²) in [5, 5.41) is 10.5. The molecule has 4 aromatic rings. The van der Waals surface area contributed by atoms with Crippen LogP contribution in [-0.2, 0) is 9.47 Å². The van der Waals surface area contributed by atoms with Crippen molar-refractivity contribution >= 4 is 50.3 Å². The molecule has 35 heavy (non-hydrogen) atoms. The van der Waals surface area contributed by atoms with Gasteiger partial charge in [0.15, 0.2) is 0 Å². The van der Waals surface area contributed by atoms with E-state index >= 15 is 0 Å². The minimum Gasteiger partial charge on any atom is -0.465 e. The second-order valence-electron chi connectivity index (χ2n) is 6.92. The molecule has 0 aliphatic heterocycles. The fourth-order valence-corrected chi connectivity index (χ4v) is 3.50. The summed E-state index contributed by atoms with van der Waals surface area (Å²) in [5.41, 5.74) is 8.29. The average Bonchev–Trinajstić information content (AvgIpc) is 2.87. The van der Waals surface area contributed by atoms with E-state index < -0.39 is 16.9 Å². The van der Waals surface area contributed by atoms with E-state index in [1.165, 1.54) is 32.4 Å². The Labute approximate surface area is 208 Å². The summed E-state index contributed by atoms with van der Waals surface area (Å²) in [5.74, 6) is -1.10. The van der Waals surface area contributed by atoms with Crippen molar-refractivity contribution in [1.82, 2.24) is 9.97 Å². The number of rotatable bonds is 4. The van der Waals surface area contributed by atoms with Crippen molar-refractivity contribution < 1.29 is 24.0 Å². The number of carbonyl (C=O) groups is 2. The third-order valence-electron chi connectivity index (χ3n) is 4.78. The molecule has 0 saturated carbocycles. The number of carbonyl (C=O) groups excluding carboxylic acids is 2. The molecule has 1 heterocycles. The van der Waals surface area contributed by atoms with Crippen LogP contribution in [0.15, 0.2) is 71.3 Å². The van der Waals surface area contributed by atoms with E-state index in [9.17, 15) is 19.7 Å². The van der Waals surface area contributed by atoms with E-state index in [1.54, 1.807) is 18.3 Å². The van der Waals surface area contributed by atoms with Crippen LogP contribution in [0.25, 0.3) is 22.3 Å². The van der Waals surface area contributed by atoms with Gasteiger partial charge in [-0.3, -0.25) is 15.1 Å². The number of nitrogens with zero attached hydrogens (tertiary/aromatic N) is 3. The first-order valence-electron chi connectivity index (χ1n) is 9.98. The minimum absolute atomic E-state index is 0.00157. The van der Waals surface area contributed by atoms with Crippen LogP contribution in [-0.4, -0.2) is 41.0 Å². The maximum absolute atomic E-state index is 11.7. The molecule has 0 unspecified atom stereocenters. The van der Waals surface area contributed by atoms with E-state index in [0.717, 1.165) is 15.7 Å². The summed E-state index contributed by atoms with van der Waals surface area (Å²) in [4.78, 5) is 41.6. The third-order valence-corrected chi connectivity index (χ3v) is 5.28. The van der Waals surface area contributed by atoms with Crippen LogP contribution in [0.5, 0.6) is 0 Å². The molecule has 0 spiro atoms. The molecule has 4 rings (SSSR count). The Morgan fingerprint density at radius 1 is 0.971 bits per heavy atom. The quantitative estimate of drug-likeness (QED) is 0.167. The van der Waals surface area contributed by atoms with Gasteiger partial charge in [-0.2, -0.15) is 0 Å². The number of esters is 2. The number of hydrogen-bond donors (Lipinski definition) is 1. The van der Waals surface area contributed by atoms with Gasteiger partial charge in [0, 0.05) is 16.1 Å². The van der Waals surface area contributed by atoms with Crippen LogP contribution in [0.1, 0.15) is 20.7 Å².